The van der Waals surface area contributed by atoms with Gasteiger partial charge in [0.2, 0.25) is 0 Å². The summed E-state index contributed by atoms with van der Waals surface area (Å²) in [5, 5.41) is 20.6. The molecule has 0 spiro atoms. The summed E-state index contributed by atoms with van der Waals surface area (Å²) in [5.41, 5.74) is 1.64. The first-order chi connectivity index (χ1) is 11.0. The van der Waals surface area contributed by atoms with Crippen molar-refractivity contribution in [1.82, 2.24) is 0 Å². The maximum atomic E-state index is 10.3. The Morgan fingerprint density at radius 1 is 0.625 bits per heavy atom. The fourth-order valence-corrected chi connectivity index (χ4v) is 5.58. The predicted molar refractivity (Wildman–Crippen MR) is 105 cm³/mol. The average Bonchev–Trinajstić information content (AvgIpc) is 2.42. The number of phenols is 2. The van der Waals surface area contributed by atoms with Crippen LogP contribution in [0.25, 0.3) is 0 Å². The summed E-state index contributed by atoms with van der Waals surface area (Å²) in [7, 11) is 3.25. The smallest absolute Gasteiger partial charge is 0.120 e. The molecule has 24 heavy (non-hydrogen) atoms. The molecule has 0 saturated carbocycles. The lowest BCUT2D eigenvalue weighted by Crippen LogP contribution is -2.13. The van der Waals surface area contributed by atoms with E-state index in [-0.39, 0.29) is 10.8 Å². The van der Waals surface area contributed by atoms with Crippen molar-refractivity contribution in [3.05, 3.63) is 47.5 Å². The Hall–Kier alpha value is -1.26. The molecule has 130 valence electrons. The summed E-state index contributed by atoms with van der Waals surface area (Å²) in [6, 6.07) is 11.3. The molecule has 2 aromatic rings. The number of rotatable bonds is 3. The van der Waals surface area contributed by atoms with Gasteiger partial charge in [-0.25, -0.2) is 0 Å². The van der Waals surface area contributed by atoms with E-state index in [1.165, 1.54) is 0 Å². The third-order valence-corrected chi connectivity index (χ3v) is 6.18. The van der Waals surface area contributed by atoms with E-state index in [1.54, 1.807) is 33.7 Å². The molecule has 0 saturated heterocycles. The van der Waals surface area contributed by atoms with Gasteiger partial charge in [-0.2, -0.15) is 0 Å². The van der Waals surface area contributed by atoms with Crippen molar-refractivity contribution in [1.29, 1.82) is 0 Å². The Labute approximate surface area is 153 Å². The number of phenolic OH excluding ortho intramolecular Hbond substituents is 2. The monoisotopic (exact) mass is 362 g/mol. The van der Waals surface area contributed by atoms with Gasteiger partial charge in [0.05, 0.1) is 0 Å². The van der Waals surface area contributed by atoms with Crippen LogP contribution in [0.4, 0.5) is 0 Å². The summed E-state index contributed by atoms with van der Waals surface area (Å²) in [5.74, 6) is 0.667. The molecular formula is C20H26O2S2. The van der Waals surface area contributed by atoms with E-state index >= 15 is 0 Å². The third-order valence-electron chi connectivity index (χ3n) is 3.73. The number of benzene rings is 2. The summed E-state index contributed by atoms with van der Waals surface area (Å²) < 4.78 is 0. The highest BCUT2D eigenvalue weighted by atomic mass is 33.1. The zero-order valence-electron chi connectivity index (χ0n) is 15.2. The molecule has 0 radical (unpaired) electrons. The van der Waals surface area contributed by atoms with Crippen LogP contribution < -0.4 is 0 Å². The highest BCUT2D eigenvalue weighted by Gasteiger charge is 2.25. The maximum absolute atomic E-state index is 10.3. The summed E-state index contributed by atoms with van der Waals surface area (Å²) >= 11 is 0. The first-order valence-corrected chi connectivity index (χ1v) is 10.2. The van der Waals surface area contributed by atoms with E-state index in [0.29, 0.717) is 11.5 Å². The molecule has 0 bridgehead atoms. The van der Waals surface area contributed by atoms with Crippen LogP contribution in [-0.2, 0) is 10.8 Å². The molecule has 2 N–H and O–H groups in total. The van der Waals surface area contributed by atoms with Crippen LogP contribution in [0.2, 0.25) is 0 Å². The lowest BCUT2D eigenvalue weighted by molar-refractivity contribution is 0.441. The Kier molecular flexibility index (Phi) is 5.50. The van der Waals surface area contributed by atoms with Gasteiger partial charge < -0.3 is 10.2 Å². The van der Waals surface area contributed by atoms with Crippen LogP contribution in [0.1, 0.15) is 52.7 Å². The fraction of sp³-hybridized carbons (Fsp3) is 0.400. The van der Waals surface area contributed by atoms with Gasteiger partial charge in [0.1, 0.15) is 11.5 Å². The van der Waals surface area contributed by atoms with Gasteiger partial charge in [-0.05, 0) is 35.1 Å². The molecule has 0 atom stereocenters. The van der Waals surface area contributed by atoms with Crippen molar-refractivity contribution in [2.24, 2.45) is 0 Å². The Bertz CT molecular complexity index is 662. The lowest BCUT2D eigenvalue weighted by atomic mass is 9.86. The molecule has 0 unspecified atom stereocenters. The van der Waals surface area contributed by atoms with Crippen molar-refractivity contribution in [3.8, 4) is 11.5 Å². The Balaban J connectivity index is 2.38. The number of aromatic hydroxyl groups is 2. The van der Waals surface area contributed by atoms with E-state index in [2.05, 4.69) is 41.5 Å². The molecule has 2 nitrogen and oxygen atoms in total. The Morgan fingerprint density at radius 2 is 0.958 bits per heavy atom. The first-order valence-electron chi connectivity index (χ1n) is 8.01. The molecule has 0 aliphatic rings. The van der Waals surface area contributed by atoms with Gasteiger partial charge in [-0.1, -0.05) is 75.3 Å². The third kappa shape index (κ3) is 4.22. The largest absolute Gasteiger partial charge is 0.508 e. The van der Waals surface area contributed by atoms with Gasteiger partial charge >= 0.3 is 0 Å². The topological polar surface area (TPSA) is 40.5 Å². The molecule has 0 heterocycles. The quantitative estimate of drug-likeness (QED) is 0.612. The van der Waals surface area contributed by atoms with Crippen molar-refractivity contribution in [2.75, 3.05) is 0 Å². The zero-order chi connectivity index (χ0) is 18.1. The van der Waals surface area contributed by atoms with Gasteiger partial charge in [-0.15, -0.1) is 0 Å². The van der Waals surface area contributed by atoms with E-state index in [1.807, 2.05) is 24.3 Å². The summed E-state index contributed by atoms with van der Waals surface area (Å²) in [6.07, 6.45) is 0. The molecule has 0 amide bonds. The number of hydrogen-bond acceptors (Lipinski definition) is 4. The highest BCUT2D eigenvalue weighted by Crippen LogP contribution is 2.48. The SMILES string of the molecule is CC(C)(C)c1c(O)cccc1SSc1cccc(O)c1C(C)(C)C. The maximum Gasteiger partial charge on any atom is 0.120 e. The molecule has 0 aromatic heterocycles. The summed E-state index contributed by atoms with van der Waals surface area (Å²) in [4.78, 5) is 2.10. The number of hydrogen-bond donors (Lipinski definition) is 2. The van der Waals surface area contributed by atoms with Crippen molar-refractivity contribution in [2.45, 2.75) is 62.2 Å². The first kappa shape index (κ1) is 19.1. The van der Waals surface area contributed by atoms with Gasteiger partial charge in [0, 0.05) is 20.9 Å². The second-order valence-electron chi connectivity index (χ2n) is 7.97. The zero-order valence-corrected chi connectivity index (χ0v) is 16.8. The van der Waals surface area contributed by atoms with Crippen LogP contribution >= 0.6 is 21.6 Å². The van der Waals surface area contributed by atoms with Gasteiger partial charge in [-0.3, -0.25) is 0 Å². The van der Waals surface area contributed by atoms with E-state index < -0.39 is 0 Å². The minimum atomic E-state index is -0.139. The molecule has 2 rings (SSSR count). The second-order valence-corrected chi connectivity index (χ2v) is 10.2. The van der Waals surface area contributed by atoms with Crippen molar-refractivity contribution in [3.63, 3.8) is 0 Å². The minimum Gasteiger partial charge on any atom is -0.508 e. The van der Waals surface area contributed by atoms with Crippen molar-refractivity contribution >= 4 is 21.6 Å². The summed E-state index contributed by atoms with van der Waals surface area (Å²) in [6.45, 7) is 12.6. The molecule has 0 aliphatic heterocycles. The van der Waals surface area contributed by atoms with Crippen LogP contribution in [0.5, 0.6) is 11.5 Å². The van der Waals surface area contributed by atoms with Gasteiger partial charge in [0.15, 0.2) is 0 Å². The van der Waals surface area contributed by atoms with Crippen LogP contribution in [0.3, 0.4) is 0 Å². The molecule has 0 fully saturated rings. The standard InChI is InChI=1S/C20H26O2S2/c1-19(2,3)17-13(21)9-7-11-15(17)23-24-16-12-8-10-14(22)18(16)20(4,5)6/h7-12,21-22H,1-6H3. The van der Waals surface area contributed by atoms with E-state index in [9.17, 15) is 10.2 Å². The molecule has 0 aliphatic carbocycles. The molecular weight excluding hydrogens is 336 g/mol. The second kappa shape index (κ2) is 6.93. The Morgan fingerprint density at radius 3 is 1.25 bits per heavy atom. The average molecular weight is 363 g/mol. The van der Waals surface area contributed by atoms with E-state index in [0.717, 1.165) is 20.9 Å². The molecule has 4 heteroatoms. The fourth-order valence-electron chi connectivity index (χ4n) is 2.78. The van der Waals surface area contributed by atoms with Crippen molar-refractivity contribution < 1.29 is 10.2 Å². The normalized spacial score (nSPS) is 12.4. The van der Waals surface area contributed by atoms with Crippen LogP contribution in [0.15, 0.2) is 46.2 Å². The van der Waals surface area contributed by atoms with E-state index in [4.69, 9.17) is 0 Å². The molecule has 2 aromatic carbocycles. The minimum absolute atomic E-state index is 0.139. The lowest BCUT2D eigenvalue weighted by Gasteiger charge is -2.25. The van der Waals surface area contributed by atoms with Gasteiger partial charge in [0.25, 0.3) is 0 Å². The van der Waals surface area contributed by atoms with Crippen LogP contribution in [-0.4, -0.2) is 10.2 Å². The van der Waals surface area contributed by atoms with Crippen LogP contribution in [0, 0.1) is 0 Å². The highest BCUT2D eigenvalue weighted by molar-refractivity contribution is 8.76. The predicted octanol–water partition coefficient (Wildman–Crippen LogP) is 6.49.